The van der Waals surface area contributed by atoms with Gasteiger partial charge in [-0.2, -0.15) is 0 Å². The van der Waals surface area contributed by atoms with Crippen molar-refractivity contribution in [2.45, 2.75) is 425 Å². The molecule has 0 bridgehead atoms. The van der Waals surface area contributed by atoms with Gasteiger partial charge in [-0.25, -0.2) is 9.13 Å². The van der Waals surface area contributed by atoms with Gasteiger partial charge in [0.15, 0.2) is 12.2 Å². The third kappa shape index (κ3) is 70.5. The van der Waals surface area contributed by atoms with Crippen molar-refractivity contribution < 1.29 is 80.2 Å². The number of rotatable bonds is 77. The highest BCUT2D eigenvalue weighted by Crippen LogP contribution is 2.45. The lowest BCUT2D eigenvalue weighted by Gasteiger charge is -2.21. The first-order valence-corrected chi connectivity index (χ1v) is 43.1. The van der Waals surface area contributed by atoms with Gasteiger partial charge in [0.05, 0.1) is 26.4 Å². The highest BCUT2D eigenvalue weighted by molar-refractivity contribution is 7.47. The molecule has 19 heteroatoms. The minimum Gasteiger partial charge on any atom is -0.462 e. The van der Waals surface area contributed by atoms with Crippen LogP contribution in [0.2, 0.25) is 0 Å². The first-order chi connectivity index (χ1) is 46.5. The van der Waals surface area contributed by atoms with E-state index in [-0.39, 0.29) is 25.7 Å². The van der Waals surface area contributed by atoms with Gasteiger partial charge in [-0.1, -0.05) is 356 Å². The van der Waals surface area contributed by atoms with E-state index in [1.807, 2.05) is 0 Å². The van der Waals surface area contributed by atoms with E-state index in [1.54, 1.807) is 0 Å². The highest BCUT2D eigenvalue weighted by Gasteiger charge is 2.30. The summed E-state index contributed by atoms with van der Waals surface area (Å²) in [6.45, 7) is 7.21. The van der Waals surface area contributed by atoms with E-state index >= 15 is 0 Å². The van der Waals surface area contributed by atoms with Crippen LogP contribution in [0.3, 0.4) is 0 Å². The molecular weight excluding hydrogens is 1260 g/mol. The second-order valence-corrected chi connectivity index (χ2v) is 31.1. The third-order valence-corrected chi connectivity index (χ3v) is 19.9. The summed E-state index contributed by atoms with van der Waals surface area (Å²) in [7, 11) is -9.91. The van der Waals surface area contributed by atoms with Gasteiger partial charge < -0.3 is 33.8 Å². The van der Waals surface area contributed by atoms with E-state index < -0.39 is 97.5 Å². The second kappa shape index (κ2) is 70.1. The molecule has 0 aliphatic carbocycles. The van der Waals surface area contributed by atoms with Crippen molar-refractivity contribution in [1.29, 1.82) is 0 Å². The Morgan fingerprint density at radius 2 is 0.479 bits per heavy atom. The number of phosphoric ester groups is 2. The minimum atomic E-state index is -4.96. The van der Waals surface area contributed by atoms with Crippen molar-refractivity contribution in [3.8, 4) is 0 Å². The van der Waals surface area contributed by atoms with E-state index in [0.717, 1.165) is 96.3 Å². The van der Waals surface area contributed by atoms with Crippen LogP contribution in [0.5, 0.6) is 0 Å². The van der Waals surface area contributed by atoms with Gasteiger partial charge in [0.25, 0.3) is 0 Å². The molecule has 0 saturated heterocycles. The van der Waals surface area contributed by atoms with Crippen molar-refractivity contribution in [1.82, 2.24) is 0 Å². The fourth-order valence-corrected chi connectivity index (χ4v) is 13.5. The molecule has 0 aromatic heterocycles. The lowest BCUT2D eigenvalue weighted by molar-refractivity contribution is -0.161. The Kier molecular flexibility index (Phi) is 68.7. The maximum Gasteiger partial charge on any atom is 0.472 e. The van der Waals surface area contributed by atoms with Crippen LogP contribution in [0, 0.1) is 5.92 Å². The monoisotopic (exact) mass is 1410 g/mol. The Balaban J connectivity index is 5.20. The van der Waals surface area contributed by atoms with Crippen LogP contribution in [0.1, 0.15) is 407 Å². The molecular formula is C77H150O17P2. The van der Waals surface area contributed by atoms with E-state index in [4.69, 9.17) is 37.0 Å². The largest absolute Gasteiger partial charge is 0.472 e. The first kappa shape index (κ1) is 94.1. The Morgan fingerprint density at radius 3 is 0.708 bits per heavy atom. The van der Waals surface area contributed by atoms with Crippen molar-refractivity contribution in [2.75, 3.05) is 39.6 Å². The van der Waals surface area contributed by atoms with Crippen LogP contribution in [-0.2, 0) is 65.4 Å². The molecule has 17 nitrogen and oxygen atoms in total. The van der Waals surface area contributed by atoms with Gasteiger partial charge in [0.1, 0.15) is 19.3 Å². The average molecular weight is 1410 g/mol. The summed E-state index contributed by atoms with van der Waals surface area (Å²) in [6.07, 6.45) is 59.9. The molecule has 0 heterocycles. The number of aliphatic hydroxyl groups excluding tert-OH is 1. The Bertz CT molecular complexity index is 1840. The maximum atomic E-state index is 13.1. The number of hydrogen-bond donors (Lipinski definition) is 3. The van der Waals surface area contributed by atoms with Crippen molar-refractivity contribution in [3.63, 3.8) is 0 Å². The molecule has 3 N–H and O–H groups in total. The number of carbonyl (C=O) groups is 4. The van der Waals surface area contributed by atoms with Crippen molar-refractivity contribution in [3.05, 3.63) is 0 Å². The second-order valence-electron chi connectivity index (χ2n) is 28.2. The van der Waals surface area contributed by atoms with Gasteiger partial charge in [-0.05, 0) is 31.6 Å². The molecule has 0 aliphatic rings. The van der Waals surface area contributed by atoms with Crippen LogP contribution >= 0.6 is 15.6 Å². The highest BCUT2D eigenvalue weighted by atomic mass is 31.2. The fourth-order valence-electron chi connectivity index (χ4n) is 11.9. The summed E-state index contributed by atoms with van der Waals surface area (Å²) in [5.74, 6) is -1.43. The molecule has 0 amide bonds. The molecule has 0 aliphatic heterocycles. The SMILES string of the molecule is CCCCCCCCCCCCCCCCCCCCCC(=O)O[C@H](COC(=O)CCCCCCCCCCCCCCCCCCC)COP(=O)(O)OC[C@@H](O)COP(=O)(O)OC[C@@H](COC(=O)CCCCCCCCC(C)C)OC(=O)CCCCCCCCCCCCC. The number of unbranched alkanes of at least 4 members (excludes halogenated alkanes) is 49. The van der Waals surface area contributed by atoms with Gasteiger partial charge >= 0.3 is 39.5 Å². The minimum absolute atomic E-state index is 0.106. The molecule has 0 fully saturated rings. The number of carbonyl (C=O) groups excluding carboxylic acids is 4. The normalized spacial score (nSPS) is 13.9. The molecule has 0 rings (SSSR count). The number of hydrogen-bond acceptors (Lipinski definition) is 15. The predicted octanol–water partition coefficient (Wildman–Crippen LogP) is 22.9. The lowest BCUT2D eigenvalue weighted by Crippen LogP contribution is -2.30. The van der Waals surface area contributed by atoms with Gasteiger partial charge in [0, 0.05) is 25.7 Å². The molecule has 0 aromatic carbocycles. The van der Waals surface area contributed by atoms with Gasteiger partial charge in [0.2, 0.25) is 0 Å². The Hall–Kier alpha value is -1.94. The number of esters is 4. The van der Waals surface area contributed by atoms with Crippen molar-refractivity contribution >= 4 is 39.5 Å². The molecule has 5 atom stereocenters. The summed E-state index contributed by atoms with van der Waals surface area (Å²) >= 11 is 0. The van der Waals surface area contributed by atoms with Crippen LogP contribution in [0.4, 0.5) is 0 Å². The third-order valence-electron chi connectivity index (χ3n) is 18.0. The number of phosphoric acid groups is 2. The molecule has 2 unspecified atom stereocenters. The van der Waals surface area contributed by atoms with Crippen LogP contribution in [-0.4, -0.2) is 96.7 Å². The Labute approximate surface area is 588 Å². The standard InChI is InChI=1S/C77H150O17P2/c1-6-9-12-15-18-21-24-26-28-30-31-33-35-37-40-43-46-53-58-63-77(82)93-72(66-87-74(79)60-55-50-44-41-39-36-34-32-29-27-25-22-19-16-13-10-7-2)68-91-95(83,84)89-64-71(78)65-90-96(85,86)92-69-73(67-88-75(80)61-56-51-48-47-49-54-59-70(4)5)94-76(81)62-57-52-45-42-38-23-20-17-14-11-8-3/h70-73,78H,6-69H2,1-5H3,(H,83,84)(H,85,86)/t71-,72-,73-/m1/s1. The summed E-state index contributed by atoms with van der Waals surface area (Å²) < 4.78 is 68.5. The van der Waals surface area contributed by atoms with Crippen LogP contribution in [0.25, 0.3) is 0 Å². The molecule has 570 valence electrons. The topological polar surface area (TPSA) is 237 Å². The summed E-state index contributed by atoms with van der Waals surface area (Å²) in [6, 6.07) is 0. The number of ether oxygens (including phenoxy) is 4. The smallest absolute Gasteiger partial charge is 0.462 e. The van der Waals surface area contributed by atoms with E-state index in [2.05, 4.69) is 34.6 Å². The van der Waals surface area contributed by atoms with E-state index in [1.165, 1.54) is 225 Å². The van der Waals surface area contributed by atoms with Crippen LogP contribution < -0.4 is 0 Å². The summed E-state index contributed by atoms with van der Waals surface area (Å²) in [4.78, 5) is 72.8. The maximum absolute atomic E-state index is 13.1. The predicted molar refractivity (Wildman–Crippen MR) is 391 cm³/mol. The van der Waals surface area contributed by atoms with Crippen LogP contribution in [0.15, 0.2) is 0 Å². The summed E-state index contributed by atoms with van der Waals surface area (Å²) in [5.41, 5.74) is 0. The Morgan fingerprint density at radius 1 is 0.281 bits per heavy atom. The fraction of sp³-hybridized carbons (Fsp3) is 0.948. The van der Waals surface area contributed by atoms with Gasteiger partial charge in [-0.15, -0.1) is 0 Å². The summed E-state index contributed by atoms with van der Waals surface area (Å²) in [5, 5.41) is 10.6. The molecule has 0 radical (unpaired) electrons. The zero-order valence-corrected chi connectivity index (χ0v) is 64.3. The zero-order chi connectivity index (χ0) is 70.5. The van der Waals surface area contributed by atoms with Gasteiger partial charge in [-0.3, -0.25) is 37.3 Å². The lowest BCUT2D eigenvalue weighted by atomic mass is 10.0. The molecule has 0 aromatic rings. The van der Waals surface area contributed by atoms with E-state index in [9.17, 15) is 43.2 Å². The molecule has 96 heavy (non-hydrogen) atoms. The zero-order valence-electron chi connectivity index (χ0n) is 62.5. The first-order valence-electron chi connectivity index (χ1n) is 40.1. The average Bonchev–Trinajstić information content (AvgIpc) is 1.10. The van der Waals surface area contributed by atoms with Crippen molar-refractivity contribution in [2.24, 2.45) is 5.92 Å². The number of aliphatic hydroxyl groups is 1. The quantitative estimate of drug-likeness (QED) is 0.0222. The molecule has 0 saturated carbocycles. The van der Waals surface area contributed by atoms with E-state index in [0.29, 0.717) is 31.6 Å². The molecule has 0 spiro atoms.